The van der Waals surface area contributed by atoms with Crippen molar-refractivity contribution in [2.24, 2.45) is 0 Å². The van der Waals surface area contributed by atoms with Crippen LogP contribution in [0.3, 0.4) is 0 Å². The molecule has 3 rings (SSSR count). The molecular formula is C15H21ClN2O3. The molecule has 1 aromatic heterocycles. The van der Waals surface area contributed by atoms with E-state index in [1.165, 1.54) is 4.57 Å². The molecule has 1 saturated carbocycles. The fourth-order valence-corrected chi connectivity index (χ4v) is 3.94. The van der Waals surface area contributed by atoms with Crippen LogP contribution in [0, 0.1) is 0 Å². The monoisotopic (exact) mass is 312 g/mol. The second-order valence-corrected chi connectivity index (χ2v) is 6.48. The zero-order chi connectivity index (χ0) is 15.0. The van der Waals surface area contributed by atoms with Gasteiger partial charge in [0.15, 0.2) is 0 Å². The Hall–Kier alpha value is -1.07. The van der Waals surface area contributed by atoms with E-state index in [0.29, 0.717) is 12.2 Å². The Morgan fingerprint density at radius 1 is 1.24 bits per heavy atom. The molecule has 2 fully saturated rings. The van der Waals surface area contributed by atoms with Gasteiger partial charge in [-0.15, -0.1) is 0 Å². The molecule has 0 amide bonds. The van der Waals surface area contributed by atoms with Gasteiger partial charge < -0.3 is 4.74 Å². The Bertz CT molecular complexity index is 625. The van der Waals surface area contributed by atoms with Gasteiger partial charge in [-0.3, -0.25) is 14.3 Å². The Balaban J connectivity index is 2.05. The lowest BCUT2D eigenvalue weighted by atomic mass is 10.00. The van der Waals surface area contributed by atoms with Gasteiger partial charge in [-0.25, -0.2) is 4.79 Å². The predicted molar refractivity (Wildman–Crippen MR) is 81.2 cm³/mol. The number of rotatable bonds is 3. The van der Waals surface area contributed by atoms with E-state index in [1.54, 1.807) is 0 Å². The molecule has 2 heterocycles. The summed E-state index contributed by atoms with van der Waals surface area (Å²) in [5.41, 5.74) is -0.0907. The number of halogens is 1. The van der Waals surface area contributed by atoms with Crippen LogP contribution in [-0.2, 0) is 4.74 Å². The molecule has 116 valence electrons. The zero-order valence-electron chi connectivity index (χ0n) is 12.2. The molecular weight excluding hydrogens is 292 g/mol. The average Bonchev–Trinajstić information content (AvgIpc) is 3.11. The summed E-state index contributed by atoms with van der Waals surface area (Å²) >= 11 is 6.15. The molecule has 0 aromatic carbocycles. The lowest BCUT2D eigenvalue weighted by molar-refractivity contribution is 0.0704. The van der Waals surface area contributed by atoms with Crippen molar-refractivity contribution in [2.75, 3.05) is 6.61 Å². The first kappa shape index (κ1) is 14.9. The van der Waals surface area contributed by atoms with Gasteiger partial charge in [0, 0.05) is 6.61 Å². The van der Waals surface area contributed by atoms with Crippen molar-refractivity contribution in [2.45, 2.75) is 63.5 Å². The number of nitrogens with one attached hydrogen (secondary N) is 1. The fraction of sp³-hybridized carbons (Fsp3) is 0.733. The number of hydrogen-bond acceptors (Lipinski definition) is 3. The van der Waals surface area contributed by atoms with Crippen LogP contribution < -0.4 is 11.2 Å². The quantitative estimate of drug-likeness (QED) is 0.873. The van der Waals surface area contributed by atoms with E-state index in [9.17, 15) is 9.59 Å². The largest absolute Gasteiger partial charge is 0.376 e. The van der Waals surface area contributed by atoms with Crippen molar-refractivity contribution < 1.29 is 4.74 Å². The molecule has 1 aromatic rings. The first-order valence-corrected chi connectivity index (χ1v) is 8.13. The average molecular weight is 313 g/mol. The summed E-state index contributed by atoms with van der Waals surface area (Å²) < 4.78 is 6.93. The van der Waals surface area contributed by atoms with Crippen LogP contribution in [0.2, 0.25) is 5.15 Å². The Morgan fingerprint density at radius 2 is 1.95 bits per heavy atom. The van der Waals surface area contributed by atoms with Crippen LogP contribution in [0.15, 0.2) is 9.59 Å². The predicted octanol–water partition coefficient (Wildman–Crippen LogP) is 2.59. The molecule has 1 N–H and O–H groups in total. The van der Waals surface area contributed by atoms with Crippen molar-refractivity contribution in [3.8, 4) is 0 Å². The van der Waals surface area contributed by atoms with Crippen LogP contribution in [0.5, 0.6) is 0 Å². The van der Waals surface area contributed by atoms with Crippen LogP contribution in [0.25, 0.3) is 0 Å². The highest BCUT2D eigenvalue weighted by Crippen LogP contribution is 2.35. The summed E-state index contributed by atoms with van der Waals surface area (Å²) in [5, 5.41) is 0.215. The molecule has 2 aliphatic rings. The van der Waals surface area contributed by atoms with Crippen LogP contribution in [0.4, 0.5) is 0 Å². The molecule has 2 atom stereocenters. The van der Waals surface area contributed by atoms with Gasteiger partial charge in [0.2, 0.25) is 0 Å². The summed E-state index contributed by atoms with van der Waals surface area (Å²) in [4.78, 5) is 27.6. The van der Waals surface area contributed by atoms with Crippen molar-refractivity contribution >= 4 is 11.6 Å². The fourth-order valence-electron chi connectivity index (χ4n) is 3.62. The number of nitrogens with zero attached hydrogens (tertiary/aromatic N) is 1. The van der Waals surface area contributed by atoms with Crippen molar-refractivity contribution in [3.05, 3.63) is 31.6 Å². The summed E-state index contributed by atoms with van der Waals surface area (Å²) in [7, 11) is 0. The van der Waals surface area contributed by atoms with Gasteiger partial charge in [0.25, 0.3) is 5.56 Å². The first-order chi connectivity index (χ1) is 10.1. The standard InChI is InChI=1S/C15H21ClN2O3/c1-9(11-7-4-8-21-11)18-14(19)12(10-5-2-3-6-10)13(16)17-15(18)20/h9-11H,2-8H2,1H3,(H,17,20). The number of aromatic amines is 1. The summed E-state index contributed by atoms with van der Waals surface area (Å²) in [6.07, 6.45) is 5.95. The van der Waals surface area contributed by atoms with Crippen LogP contribution >= 0.6 is 11.6 Å². The number of H-pyrrole nitrogens is 1. The van der Waals surface area contributed by atoms with E-state index in [0.717, 1.165) is 38.5 Å². The SMILES string of the molecule is CC(C1CCCO1)n1c(=O)[nH]c(Cl)c(C2CCCC2)c1=O. The lowest BCUT2D eigenvalue weighted by Gasteiger charge is -2.22. The smallest absolute Gasteiger partial charge is 0.329 e. The maximum absolute atomic E-state index is 12.8. The molecule has 1 saturated heterocycles. The molecule has 0 radical (unpaired) electrons. The van der Waals surface area contributed by atoms with Crippen molar-refractivity contribution in [1.82, 2.24) is 9.55 Å². The first-order valence-electron chi connectivity index (χ1n) is 7.75. The molecule has 5 nitrogen and oxygen atoms in total. The normalized spacial score (nSPS) is 24.6. The Kier molecular flexibility index (Phi) is 4.22. The van der Waals surface area contributed by atoms with Crippen LogP contribution in [-0.4, -0.2) is 22.3 Å². The molecule has 21 heavy (non-hydrogen) atoms. The molecule has 0 bridgehead atoms. The second-order valence-electron chi connectivity index (χ2n) is 6.11. The van der Waals surface area contributed by atoms with Crippen molar-refractivity contribution in [1.29, 1.82) is 0 Å². The van der Waals surface area contributed by atoms with Gasteiger partial charge in [0.05, 0.1) is 17.7 Å². The minimum Gasteiger partial charge on any atom is -0.376 e. The Morgan fingerprint density at radius 3 is 2.57 bits per heavy atom. The van der Waals surface area contributed by atoms with E-state index in [4.69, 9.17) is 16.3 Å². The summed E-state index contributed by atoms with van der Waals surface area (Å²) in [6.45, 7) is 2.57. The number of ether oxygens (including phenoxy) is 1. The maximum atomic E-state index is 12.8. The van der Waals surface area contributed by atoms with Crippen LogP contribution in [0.1, 0.15) is 63.0 Å². The van der Waals surface area contributed by atoms with E-state index in [-0.39, 0.29) is 28.8 Å². The highest BCUT2D eigenvalue weighted by Gasteiger charge is 2.30. The minimum atomic E-state index is -0.435. The molecule has 0 spiro atoms. The zero-order valence-corrected chi connectivity index (χ0v) is 13.0. The van der Waals surface area contributed by atoms with Crippen molar-refractivity contribution in [3.63, 3.8) is 0 Å². The second kappa shape index (κ2) is 5.97. The third-order valence-corrected chi connectivity index (χ3v) is 5.09. The van der Waals surface area contributed by atoms with E-state index in [1.807, 2.05) is 6.92 Å². The molecule has 2 unspecified atom stereocenters. The lowest BCUT2D eigenvalue weighted by Crippen LogP contribution is -2.43. The van der Waals surface area contributed by atoms with E-state index < -0.39 is 5.69 Å². The Labute approximate surface area is 128 Å². The van der Waals surface area contributed by atoms with Gasteiger partial charge in [0.1, 0.15) is 5.15 Å². The molecule has 1 aliphatic carbocycles. The highest BCUT2D eigenvalue weighted by molar-refractivity contribution is 6.30. The van der Waals surface area contributed by atoms with Gasteiger partial charge in [-0.1, -0.05) is 24.4 Å². The molecule has 6 heteroatoms. The number of aromatic nitrogens is 2. The maximum Gasteiger partial charge on any atom is 0.329 e. The highest BCUT2D eigenvalue weighted by atomic mass is 35.5. The van der Waals surface area contributed by atoms with Gasteiger partial charge in [-0.2, -0.15) is 0 Å². The van der Waals surface area contributed by atoms with Gasteiger partial charge in [-0.05, 0) is 38.5 Å². The summed E-state index contributed by atoms with van der Waals surface area (Å²) in [5.74, 6) is 0.171. The van der Waals surface area contributed by atoms with Gasteiger partial charge >= 0.3 is 5.69 Å². The molecule has 1 aliphatic heterocycles. The van der Waals surface area contributed by atoms with E-state index in [2.05, 4.69) is 4.98 Å². The number of hydrogen-bond donors (Lipinski definition) is 1. The third kappa shape index (κ3) is 2.69. The van der Waals surface area contributed by atoms with E-state index >= 15 is 0 Å². The summed E-state index contributed by atoms with van der Waals surface area (Å²) in [6, 6.07) is -0.263. The topological polar surface area (TPSA) is 64.1 Å². The third-order valence-electron chi connectivity index (χ3n) is 4.79. The minimum absolute atomic E-state index is 0.0681.